The molecule has 0 atom stereocenters. The van der Waals surface area contributed by atoms with Crippen LogP contribution in [0.3, 0.4) is 0 Å². The average Bonchev–Trinajstić information content (AvgIpc) is 3.22. The number of carbonyl (C=O) groups excluding carboxylic acids is 1. The van der Waals surface area contributed by atoms with Gasteiger partial charge < -0.3 is 24.7 Å². The minimum absolute atomic E-state index is 0.0885. The smallest absolute Gasteiger partial charge is 0.235 e. The highest BCUT2D eigenvalue weighted by atomic mass is 35.5. The van der Waals surface area contributed by atoms with Crippen molar-refractivity contribution in [2.75, 3.05) is 12.1 Å². The van der Waals surface area contributed by atoms with Crippen molar-refractivity contribution >= 4 is 34.1 Å². The highest BCUT2D eigenvalue weighted by Crippen LogP contribution is 2.51. The quantitative estimate of drug-likeness (QED) is 0.614. The Morgan fingerprint density at radius 1 is 1.13 bits per heavy atom. The van der Waals surface area contributed by atoms with Crippen molar-refractivity contribution in [3.8, 4) is 11.5 Å². The molecule has 30 heavy (non-hydrogen) atoms. The van der Waals surface area contributed by atoms with Crippen LogP contribution in [0.4, 0.5) is 5.69 Å². The third-order valence-electron chi connectivity index (χ3n) is 5.94. The zero-order valence-electron chi connectivity index (χ0n) is 17.0. The Balaban J connectivity index is 1.46. The summed E-state index contributed by atoms with van der Waals surface area (Å²) < 4.78 is 11.7. The summed E-state index contributed by atoms with van der Waals surface area (Å²) in [7, 11) is 0. The maximum absolute atomic E-state index is 13.2. The van der Waals surface area contributed by atoms with Crippen LogP contribution in [-0.2, 0) is 15.6 Å². The summed E-state index contributed by atoms with van der Waals surface area (Å²) in [5.74, 6) is 1.28. The Kier molecular flexibility index (Phi) is 4.03. The van der Waals surface area contributed by atoms with Gasteiger partial charge in [-0.25, -0.2) is 0 Å². The molecule has 1 amide bonds. The molecule has 0 radical (unpaired) electrons. The zero-order chi connectivity index (χ0) is 21.3. The minimum atomic E-state index is -0.580. The molecule has 1 saturated carbocycles. The van der Waals surface area contributed by atoms with E-state index in [1.165, 1.54) is 0 Å². The number of carbonyl (C=O) groups is 1. The summed E-state index contributed by atoms with van der Waals surface area (Å²) in [6.45, 7) is 6.14. The molecule has 3 aromatic rings. The van der Waals surface area contributed by atoms with Gasteiger partial charge in [-0.2, -0.15) is 0 Å². The summed E-state index contributed by atoms with van der Waals surface area (Å²) in [6, 6.07) is 10.9. The van der Waals surface area contributed by atoms with E-state index in [1.807, 2.05) is 45.0 Å². The highest BCUT2D eigenvalue weighted by molar-refractivity contribution is 6.35. The molecular weight excluding hydrogens is 404 g/mol. The van der Waals surface area contributed by atoms with Crippen LogP contribution in [0.2, 0.25) is 5.02 Å². The lowest BCUT2D eigenvalue weighted by atomic mass is 9.92. The lowest BCUT2D eigenvalue weighted by Crippen LogP contribution is -2.27. The van der Waals surface area contributed by atoms with E-state index in [1.54, 1.807) is 12.1 Å². The first-order chi connectivity index (χ1) is 14.2. The lowest BCUT2D eigenvalue weighted by Gasteiger charge is -2.25. The number of halogens is 1. The normalized spacial score (nSPS) is 16.7. The first-order valence-corrected chi connectivity index (χ1v) is 10.3. The van der Waals surface area contributed by atoms with Crippen LogP contribution in [0.15, 0.2) is 36.4 Å². The fourth-order valence-corrected chi connectivity index (χ4v) is 4.38. The number of hydrogen-bond donors (Lipinski definition) is 1. The summed E-state index contributed by atoms with van der Waals surface area (Å²) >= 11 is 6.42. The van der Waals surface area contributed by atoms with Gasteiger partial charge in [-0.05, 0) is 48.7 Å². The predicted octanol–water partition coefficient (Wildman–Crippen LogP) is 5.34. The van der Waals surface area contributed by atoms with Crippen LogP contribution in [0.25, 0.3) is 10.9 Å². The minimum Gasteiger partial charge on any atom is -0.805 e. The molecule has 2 aromatic carbocycles. The van der Waals surface area contributed by atoms with E-state index < -0.39 is 5.41 Å². The number of nitrogens with zero attached hydrogens (tertiary/aromatic N) is 1. The van der Waals surface area contributed by atoms with E-state index in [0.29, 0.717) is 38.8 Å². The van der Waals surface area contributed by atoms with Gasteiger partial charge in [-0.15, -0.1) is 0 Å². The van der Waals surface area contributed by atoms with Crippen molar-refractivity contribution in [1.82, 2.24) is 4.73 Å². The second kappa shape index (κ2) is 6.32. The SMILES string of the molecule is CC(C)(C)c1cc2cc(NC(=O)C3(c4ccc5c(c4)OCO5)CC3)cc(Cl)c2n1[O-]. The van der Waals surface area contributed by atoms with Crippen LogP contribution in [-0.4, -0.2) is 17.4 Å². The van der Waals surface area contributed by atoms with E-state index in [-0.39, 0.29) is 18.1 Å². The molecule has 0 unspecified atom stereocenters. The van der Waals surface area contributed by atoms with Crippen molar-refractivity contribution in [3.05, 3.63) is 57.9 Å². The largest absolute Gasteiger partial charge is 0.805 e. The Morgan fingerprint density at radius 2 is 1.87 bits per heavy atom. The Labute approximate surface area is 179 Å². The Morgan fingerprint density at radius 3 is 2.57 bits per heavy atom. The molecule has 2 aliphatic rings. The van der Waals surface area contributed by atoms with Crippen LogP contribution >= 0.6 is 11.6 Å². The van der Waals surface area contributed by atoms with Crippen molar-refractivity contribution in [2.24, 2.45) is 0 Å². The number of amides is 1. The van der Waals surface area contributed by atoms with Crippen LogP contribution < -0.4 is 14.8 Å². The van der Waals surface area contributed by atoms with Gasteiger partial charge in [0, 0.05) is 22.2 Å². The summed E-state index contributed by atoms with van der Waals surface area (Å²) in [5, 5.41) is 16.7. The number of nitrogens with one attached hydrogen (secondary N) is 1. The molecule has 1 N–H and O–H groups in total. The molecule has 5 rings (SSSR count). The summed E-state index contributed by atoms with van der Waals surface area (Å²) in [6.07, 6.45) is 1.53. The Hall–Kier alpha value is -2.86. The maximum Gasteiger partial charge on any atom is 0.235 e. The van der Waals surface area contributed by atoms with E-state index >= 15 is 0 Å². The molecule has 1 fully saturated rings. The first-order valence-electron chi connectivity index (χ1n) is 9.94. The van der Waals surface area contributed by atoms with E-state index in [4.69, 9.17) is 21.1 Å². The van der Waals surface area contributed by atoms with E-state index in [9.17, 15) is 10.0 Å². The maximum atomic E-state index is 13.2. The van der Waals surface area contributed by atoms with Gasteiger partial charge in [-0.3, -0.25) is 4.79 Å². The van der Waals surface area contributed by atoms with Gasteiger partial charge in [0.15, 0.2) is 11.5 Å². The number of hydrogen-bond acceptors (Lipinski definition) is 4. The van der Waals surface area contributed by atoms with Crippen LogP contribution in [0, 0.1) is 5.21 Å². The molecule has 6 nitrogen and oxygen atoms in total. The molecular formula is C23H22ClN2O4-. The fourth-order valence-electron chi connectivity index (χ4n) is 4.08. The molecule has 156 valence electrons. The van der Waals surface area contributed by atoms with Gasteiger partial charge >= 0.3 is 0 Å². The van der Waals surface area contributed by atoms with Gasteiger partial charge in [-0.1, -0.05) is 38.4 Å². The number of ether oxygens (including phenoxy) is 2. The third-order valence-corrected chi connectivity index (χ3v) is 6.23. The third kappa shape index (κ3) is 2.89. The van der Waals surface area contributed by atoms with Crippen LogP contribution in [0.1, 0.15) is 44.9 Å². The topological polar surface area (TPSA) is 75.5 Å². The monoisotopic (exact) mass is 425 g/mol. The second-order valence-corrected chi connectivity index (χ2v) is 9.48. The van der Waals surface area contributed by atoms with E-state index in [2.05, 4.69) is 5.32 Å². The number of benzene rings is 2. The number of rotatable bonds is 3. The van der Waals surface area contributed by atoms with Gasteiger partial charge in [0.25, 0.3) is 0 Å². The second-order valence-electron chi connectivity index (χ2n) is 9.07. The zero-order valence-corrected chi connectivity index (χ0v) is 17.8. The molecule has 1 aliphatic heterocycles. The van der Waals surface area contributed by atoms with Crippen molar-refractivity contribution in [3.63, 3.8) is 0 Å². The number of anilines is 1. The van der Waals surface area contributed by atoms with Gasteiger partial charge in [0.2, 0.25) is 12.7 Å². The molecule has 1 aromatic heterocycles. The molecule has 1 aliphatic carbocycles. The molecule has 0 bridgehead atoms. The molecule has 2 heterocycles. The average molecular weight is 426 g/mol. The van der Waals surface area contributed by atoms with Crippen molar-refractivity contribution in [2.45, 2.75) is 44.4 Å². The van der Waals surface area contributed by atoms with Gasteiger partial charge in [0.1, 0.15) is 0 Å². The van der Waals surface area contributed by atoms with Crippen LogP contribution in [0.5, 0.6) is 11.5 Å². The number of fused-ring (bicyclic) bond motifs is 2. The Bertz CT molecular complexity index is 1190. The van der Waals surface area contributed by atoms with Gasteiger partial charge in [0.05, 0.1) is 16.0 Å². The standard InChI is InChI=1S/C23H22ClN2O4/c1-22(2,3)19-9-13-8-15(11-16(24)20(13)26(19)28)25-21(27)23(6-7-23)14-4-5-17-18(10-14)30-12-29-17/h4-5,8-11H,6-7,12H2,1-3H3,(H,25,27)/q-1. The molecule has 0 spiro atoms. The highest BCUT2D eigenvalue weighted by Gasteiger charge is 2.51. The fraction of sp³-hybridized carbons (Fsp3) is 0.348. The lowest BCUT2D eigenvalue weighted by molar-refractivity contribution is -0.118. The number of aromatic nitrogens is 1. The molecule has 0 saturated heterocycles. The van der Waals surface area contributed by atoms with Crippen molar-refractivity contribution < 1.29 is 14.3 Å². The summed E-state index contributed by atoms with van der Waals surface area (Å²) in [4.78, 5) is 13.2. The summed E-state index contributed by atoms with van der Waals surface area (Å²) in [5.41, 5.74) is 1.67. The predicted molar refractivity (Wildman–Crippen MR) is 117 cm³/mol. The first kappa shape index (κ1) is 19.1. The van der Waals surface area contributed by atoms with Crippen molar-refractivity contribution in [1.29, 1.82) is 0 Å². The molecule has 7 heteroatoms. The van der Waals surface area contributed by atoms with E-state index in [0.717, 1.165) is 23.1 Å².